The van der Waals surface area contributed by atoms with Crippen LogP contribution in [0.3, 0.4) is 0 Å². The first-order valence-electron chi connectivity index (χ1n) is 14.2. The van der Waals surface area contributed by atoms with Gasteiger partial charge in [-0.25, -0.2) is 4.79 Å². The number of benzene rings is 3. The van der Waals surface area contributed by atoms with E-state index in [-0.39, 0.29) is 24.3 Å². The molecule has 1 saturated carbocycles. The topological polar surface area (TPSA) is 87.7 Å². The molecule has 1 fully saturated rings. The Kier molecular flexibility index (Phi) is 9.16. The minimum Gasteiger partial charge on any atom is -0.444 e. The molecular formula is C34H41N3O4. The van der Waals surface area contributed by atoms with Crippen LogP contribution in [0.1, 0.15) is 67.5 Å². The first-order valence-corrected chi connectivity index (χ1v) is 14.2. The molecule has 7 heteroatoms. The molecule has 1 aliphatic carbocycles. The average molecular weight is 556 g/mol. The molecule has 1 aliphatic rings. The first kappa shape index (κ1) is 29.8. The maximum atomic E-state index is 14.5. The highest BCUT2D eigenvalue weighted by atomic mass is 16.6. The number of nitrogens with zero attached hydrogens (tertiary/aromatic N) is 1. The number of para-hydroxylation sites is 1. The monoisotopic (exact) mass is 555 g/mol. The number of hydrogen-bond acceptors (Lipinski definition) is 4. The molecule has 3 aromatic carbocycles. The Labute approximate surface area is 243 Å². The summed E-state index contributed by atoms with van der Waals surface area (Å²) in [5.41, 5.74) is 4.48. The summed E-state index contributed by atoms with van der Waals surface area (Å²) in [5, 5.41) is 5.92. The second kappa shape index (κ2) is 12.6. The Morgan fingerprint density at radius 3 is 2.20 bits per heavy atom. The highest BCUT2D eigenvalue weighted by molar-refractivity contribution is 6.00. The zero-order valence-electron chi connectivity index (χ0n) is 24.9. The van der Waals surface area contributed by atoms with Gasteiger partial charge in [-0.15, -0.1) is 0 Å². The number of rotatable bonds is 9. The highest BCUT2D eigenvalue weighted by Gasteiger charge is 2.44. The third kappa shape index (κ3) is 7.97. The quantitative estimate of drug-likeness (QED) is 0.319. The summed E-state index contributed by atoms with van der Waals surface area (Å²) in [6, 6.07) is 21.2. The van der Waals surface area contributed by atoms with Crippen molar-refractivity contribution in [3.63, 3.8) is 0 Å². The van der Waals surface area contributed by atoms with Gasteiger partial charge >= 0.3 is 6.09 Å². The molecule has 2 atom stereocenters. The van der Waals surface area contributed by atoms with E-state index < -0.39 is 23.8 Å². The van der Waals surface area contributed by atoms with Crippen LogP contribution in [0.5, 0.6) is 0 Å². The number of ether oxygens (including phenoxy) is 1. The van der Waals surface area contributed by atoms with Gasteiger partial charge in [0.05, 0.1) is 0 Å². The van der Waals surface area contributed by atoms with Crippen LogP contribution in [-0.4, -0.2) is 40.5 Å². The Balaban J connectivity index is 1.75. The number of amides is 3. The van der Waals surface area contributed by atoms with Gasteiger partial charge in [0.15, 0.2) is 0 Å². The van der Waals surface area contributed by atoms with Crippen LogP contribution < -0.4 is 10.6 Å². The van der Waals surface area contributed by atoms with Gasteiger partial charge in [-0.2, -0.15) is 0 Å². The lowest BCUT2D eigenvalue weighted by Gasteiger charge is -2.35. The van der Waals surface area contributed by atoms with Crippen molar-refractivity contribution >= 4 is 23.6 Å². The summed E-state index contributed by atoms with van der Waals surface area (Å²) in [5.74, 6) is -0.600. The van der Waals surface area contributed by atoms with E-state index in [1.807, 2.05) is 93.6 Å². The summed E-state index contributed by atoms with van der Waals surface area (Å²) >= 11 is 0. The molecular weight excluding hydrogens is 514 g/mol. The van der Waals surface area contributed by atoms with Gasteiger partial charge in [0.25, 0.3) is 5.91 Å². The largest absolute Gasteiger partial charge is 0.444 e. The highest BCUT2D eigenvalue weighted by Crippen LogP contribution is 2.38. The lowest BCUT2D eigenvalue weighted by atomic mass is 9.95. The Morgan fingerprint density at radius 1 is 0.902 bits per heavy atom. The molecule has 3 aromatic rings. The van der Waals surface area contributed by atoms with Crippen LogP contribution in [0.2, 0.25) is 0 Å². The van der Waals surface area contributed by atoms with Crippen molar-refractivity contribution in [1.29, 1.82) is 0 Å². The second-order valence-electron chi connectivity index (χ2n) is 11.9. The smallest absolute Gasteiger partial charge is 0.408 e. The van der Waals surface area contributed by atoms with Crippen molar-refractivity contribution in [1.82, 2.24) is 10.2 Å². The van der Waals surface area contributed by atoms with E-state index >= 15 is 0 Å². The van der Waals surface area contributed by atoms with Crippen LogP contribution >= 0.6 is 0 Å². The summed E-state index contributed by atoms with van der Waals surface area (Å²) < 4.78 is 5.53. The Hall–Kier alpha value is -4.13. The van der Waals surface area contributed by atoms with Crippen molar-refractivity contribution < 1.29 is 19.1 Å². The average Bonchev–Trinajstić information content (AvgIpc) is 3.74. The van der Waals surface area contributed by atoms with E-state index in [1.54, 1.807) is 25.7 Å². The van der Waals surface area contributed by atoms with Gasteiger partial charge in [-0.05, 0) is 82.7 Å². The number of nitrogens with one attached hydrogen (secondary N) is 2. The van der Waals surface area contributed by atoms with Crippen molar-refractivity contribution in [3.8, 4) is 0 Å². The van der Waals surface area contributed by atoms with Gasteiger partial charge in [0.1, 0.15) is 17.7 Å². The van der Waals surface area contributed by atoms with Crippen LogP contribution in [0, 0.1) is 20.8 Å². The minimum absolute atomic E-state index is 0.117. The van der Waals surface area contributed by atoms with Gasteiger partial charge in [0.2, 0.25) is 5.91 Å². The molecule has 0 radical (unpaired) electrons. The number of alkyl carbamates (subject to hydrolysis) is 1. The normalized spacial score (nSPS) is 14.5. The van der Waals surface area contributed by atoms with Crippen LogP contribution in [0.25, 0.3) is 0 Å². The molecule has 3 amide bonds. The van der Waals surface area contributed by atoms with E-state index in [4.69, 9.17) is 4.74 Å². The van der Waals surface area contributed by atoms with Crippen molar-refractivity contribution in [2.75, 3.05) is 5.32 Å². The zero-order chi connectivity index (χ0) is 29.7. The third-order valence-electron chi connectivity index (χ3n) is 7.13. The zero-order valence-corrected chi connectivity index (χ0v) is 24.9. The van der Waals surface area contributed by atoms with E-state index in [1.165, 1.54) is 0 Å². The Morgan fingerprint density at radius 2 is 1.56 bits per heavy atom. The van der Waals surface area contributed by atoms with Gasteiger partial charge in [-0.3, -0.25) is 9.59 Å². The molecule has 0 aromatic heterocycles. The number of carbonyl (C=O) groups is 3. The fourth-order valence-electron chi connectivity index (χ4n) is 4.94. The molecule has 0 aliphatic heterocycles. The number of aryl methyl sites for hydroxylation is 3. The summed E-state index contributed by atoms with van der Waals surface area (Å²) in [6.07, 6.45) is 1.17. The lowest BCUT2D eigenvalue weighted by Crippen LogP contribution is -2.54. The molecule has 2 N–H and O–H groups in total. The predicted octanol–water partition coefficient (Wildman–Crippen LogP) is 6.42. The number of carbonyl (C=O) groups excluding carboxylic acids is 3. The molecule has 0 saturated heterocycles. The Bertz CT molecular complexity index is 1390. The molecule has 0 bridgehead atoms. The van der Waals surface area contributed by atoms with Crippen molar-refractivity contribution in [2.24, 2.45) is 0 Å². The van der Waals surface area contributed by atoms with Crippen molar-refractivity contribution in [2.45, 2.75) is 84.5 Å². The maximum absolute atomic E-state index is 14.5. The molecule has 41 heavy (non-hydrogen) atoms. The van der Waals surface area contributed by atoms with E-state index in [0.29, 0.717) is 5.69 Å². The molecule has 7 nitrogen and oxygen atoms in total. The SMILES string of the molecule is Cc1ccc(C)c(C(C(=O)Nc2ccccc2C)N(C(=O)C(Cc2ccccc2)NC(=O)OC(C)(C)C)C2CC2)c1. The molecule has 0 heterocycles. The maximum Gasteiger partial charge on any atom is 0.408 e. The van der Waals surface area contributed by atoms with Crippen LogP contribution in [0.4, 0.5) is 10.5 Å². The van der Waals surface area contributed by atoms with E-state index in [9.17, 15) is 14.4 Å². The second-order valence-corrected chi connectivity index (χ2v) is 11.9. The molecule has 4 rings (SSSR count). The third-order valence-corrected chi connectivity index (χ3v) is 7.13. The number of hydrogen-bond donors (Lipinski definition) is 2. The fraction of sp³-hybridized carbons (Fsp3) is 0.382. The molecule has 216 valence electrons. The predicted molar refractivity (Wildman–Crippen MR) is 162 cm³/mol. The van der Waals surface area contributed by atoms with Gasteiger partial charge < -0.3 is 20.3 Å². The van der Waals surface area contributed by atoms with Crippen LogP contribution in [-0.2, 0) is 20.7 Å². The number of anilines is 1. The van der Waals surface area contributed by atoms with E-state index in [2.05, 4.69) is 10.6 Å². The minimum atomic E-state index is -0.924. The van der Waals surface area contributed by atoms with E-state index in [0.717, 1.165) is 40.7 Å². The lowest BCUT2D eigenvalue weighted by molar-refractivity contribution is -0.141. The fourth-order valence-corrected chi connectivity index (χ4v) is 4.94. The van der Waals surface area contributed by atoms with Gasteiger partial charge in [0, 0.05) is 18.2 Å². The molecule has 2 unspecified atom stereocenters. The van der Waals surface area contributed by atoms with Crippen molar-refractivity contribution in [3.05, 3.63) is 101 Å². The summed E-state index contributed by atoms with van der Waals surface area (Å²) in [6.45, 7) is 11.2. The summed E-state index contributed by atoms with van der Waals surface area (Å²) in [7, 11) is 0. The first-order chi connectivity index (χ1) is 19.4. The standard InChI is InChI=1S/C34H41N3O4/c1-22-16-17-23(2)27(20-22)30(31(38)35-28-15-11-10-12-24(28)3)37(26-18-19-26)32(39)29(21-25-13-8-7-9-14-25)36-33(40)41-34(4,5)6/h7-17,20,26,29-30H,18-19,21H2,1-6H3,(H,35,38)(H,36,40). The summed E-state index contributed by atoms with van der Waals surface area (Å²) in [4.78, 5) is 43.4. The van der Waals surface area contributed by atoms with Gasteiger partial charge in [-0.1, -0.05) is 72.3 Å². The molecule has 0 spiro atoms. The van der Waals surface area contributed by atoms with Crippen LogP contribution in [0.15, 0.2) is 72.8 Å².